The van der Waals surface area contributed by atoms with Crippen LogP contribution in [0.2, 0.25) is 0 Å². The molecule has 6 nitrogen and oxygen atoms in total. The summed E-state index contributed by atoms with van der Waals surface area (Å²) in [4.78, 5) is 22.0. The molecule has 1 atom stereocenters. The fourth-order valence-electron chi connectivity index (χ4n) is 2.15. The number of benzene rings is 1. The predicted octanol–water partition coefficient (Wildman–Crippen LogP) is 1.95. The average Bonchev–Trinajstić information content (AvgIpc) is 2.83. The third-order valence-corrected chi connectivity index (χ3v) is 3.38. The molecule has 1 aliphatic rings. The zero-order chi connectivity index (χ0) is 14.9. The lowest BCUT2D eigenvalue weighted by molar-refractivity contribution is -0.384. The predicted molar refractivity (Wildman–Crippen MR) is 67.3 cm³/mol. The highest BCUT2D eigenvalue weighted by atomic mass is 19.2. The van der Waals surface area contributed by atoms with Gasteiger partial charge in [-0.2, -0.15) is 0 Å². The van der Waals surface area contributed by atoms with E-state index in [9.17, 15) is 23.7 Å². The van der Waals surface area contributed by atoms with Crippen molar-refractivity contribution in [3.8, 4) is 0 Å². The van der Waals surface area contributed by atoms with Crippen LogP contribution in [0.15, 0.2) is 12.1 Å². The molecule has 0 aromatic heterocycles. The third kappa shape index (κ3) is 2.46. The summed E-state index contributed by atoms with van der Waals surface area (Å²) in [6.45, 7) is 2.23. The molecule has 0 saturated carbocycles. The second kappa shape index (κ2) is 5.12. The highest BCUT2D eigenvalue weighted by molar-refractivity contribution is 5.99. The number of rotatable bonds is 3. The second-order valence-electron chi connectivity index (χ2n) is 4.83. The molecule has 0 aliphatic carbocycles. The van der Waals surface area contributed by atoms with Gasteiger partial charge in [-0.1, -0.05) is 0 Å². The number of nitrogens with zero attached hydrogens (tertiary/aromatic N) is 1. The number of hydrogen-bond acceptors (Lipinski definition) is 4. The summed E-state index contributed by atoms with van der Waals surface area (Å²) in [5.41, 5.74) is -2.36. The number of carbonyl (C=O) groups is 1. The van der Waals surface area contributed by atoms with Gasteiger partial charge in [0.25, 0.3) is 5.69 Å². The minimum atomic E-state index is -1.44. The van der Waals surface area contributed by atoms with E-state index < -0.39 is 39.4 Å². The topological polar surface area (TPSA) is 84.3 Å². The Labute approximate surface area is 113 Å². The Hall–Kier alpha value is -2.09. The van der Waals surface area contributed by atoms with Gasteiger partial charge in [0, 0.05) is 6.07 Å². The van der Waals surface area contributed by atoms with Gasteiger partial charge in [0.05, 0.1) is 10.5 Å². The van der Waals surface area contributed by atoms with E-state index in [2.05, 4.69) is 10.6 Å². The Morgan fingerprint density at radius 2 is 2.20 bits per heavy atom. The van der Waals surface area contributed by atoms with Crippen molar-refractivity contribution in [2.45, 2.75) is 25.3 Å². The van der Waals surface area contributed by atoms with Crippen molar-refractivity contribution in [3.63, 3.8) is 0 Å². The normalized spacial score (nSPS) is 21.8. The minimum Gasteiger partial charge on any atom is -0.316 e. The van der Waals surface area contributed by atoms with Gasteiger partial charge in [0.2, 0.25) is 5.91 Å². The van der Waals surface area contributed by atoms with Crippen LogP contribution in [0, 0.1) is 21.7 Å². The Morgan fingerprint density at radius 3 is 2.75 bits per heavy atom. The average molecular weight is 285 g/mol. The number of amides is 1. The summed E-state index contributed by atoms with van der Waals surface area (Å²) in [6.07, 6.45) is 1.28. The molecule has 1 heterocycles. The molecule has 1 aliphatic heterocycles. The molecule has 2 rings (SSSR count). The zero-order valence-electron chi connectivity index (χ0n) is 10.7. The summed E-state index contributed by atoms with van der Waals surface area (Å²) in [5.74, 6) is -3.31. The molecule has 0 radical (unpaired) electrons. The number of anilines is 1. The van der Waals surface area contributed by atoms with E-state index in [0.29, 0.717) is 19.0 Å². The molecule has 1 aromatic carbocycles. The van der Waals surface area contributed by atoms with Crippen LogP contribution in [0.1, 0.15) is 19.8 Å². The lowest BCUT2D eigenvalue weighted by Gasteiger charge is -2.23. The Bertz CT molecular complexity index is 571. The van der Waals surface area contributed by atoms with Gasteiger partial charge in [-0.15, -0.1) is 0 Å². The van der Waals surface area contributed by atoms with Crippen molar-refractivity contribution >= 4 is 17.3 Å². The quantitative estimate of drug-likeness (QED) is 0.656. The maximum atomic E-state index is 13.7. The lowest BCUT2D eigenvalue weighted by atomic mass is 9.99. The van der Waals surface area contributed by atoms with Gasteiger partial charge in [0.1, 0.15) is 0 Å². The van der Waals surface area contributed by atoms with Crippen molar-refractivity contribution in [3.05, 3.63) is 33.9 Å². The molecule has 1 unspecified atom stereocenters. The number of nitro groups is 1. The number of halogens is 2. The number of carbonyl (C=O) groups excluding carboxylic acids is 1. The number of hydrogen-bond donors (Lipinski definition) is 2. The van der Waals surface area contributed by atoms with Crippen molar-refractivity contribution < 1.29 is 18.5 Å². The molecule has 20 heavy (non-hydrogen) atoms. The van der Waals surface area contributed by atoms with Crippen molar-refractivity contribution in [2.75, 3.05) is 11.9 Å². The smallest absolute Gasteiger partial charge is 0.296 e. The molecule has 1 saturated heterocycles. The molecular formula is C12H13F2N3O3. The molecule has 8 heteroatoms. The lowest BCUT2D eigenvalue weighted by Crippen LogP contribution is -2.48. The first-order valence-electron chi connectivity index (χ1n) is 6.04. The highest BCUT2D eigenvalue weighted by Crippen LogP contribution is 2.30. The van der Waals surface area contributed by atoms with Gasteiger partial charge in [-0.05, 0) is 32.4 Å². The monoisotopic (exact) mass is 285 g/mol. The molecule has 0 spiro atoms. The molecule has 0 bridgehead atoms. The van der Waals surface area contributed by atoms with Gasteiger partial charge in [0.15, 0.2) is 17.3 Å². The van der Waals surface area contributed by atoms with Gasteiger partial charge in [-0.3, -0.25) is 14.9 Å². The van der Waals surface area contributed by atoms with E-state index >= 15 is 0 Å². The van der Waals surface area contributed by atoms with Crippen LogP contribution in [0.25, 0.3) is 0 Å². The van der Waals surface area contributed by atoms with E-state index in [0.717, 1.165) is 12.5 Å². The first-order valence-corrected chi connectivity index (χ1v) is 6.04. The summed E-state index contributed by atoms with van der Waals surface area (Å²) in [7, 11) is 0. The highest BCUT2D eigenvalue weighted by Gasteiger charge is 2.37. The van der Waals surface area contributed by atoms with E-state index in [1.807, 2.05) is 0 Å². The van der Waals surface area contributed by atoms with Crippen molar-refractivity contribution in [1.29, 1.82) is 0 Å². The Morgan fingerprint density at radius 1 is 1.50 bits per heavy atom. The largest absolute Gasteiger partial charge is 0.316 e. The minimum absolute atomic E-state index is 0.517. The van der Waals surface area contributed by atoms with Crippen LogP contribution in [-0.4, -0.2) is 22.9 Å². The van der Waals surface area contributed by atoms with Gasteiger partial charge >= 0.3 is 0 Å². The molecule has 2 N–H and O–H groups in total. The second-order valence-corrected chi connectivity index (χ2v) is 4.83. The number of nitrogens with one attached hydrogen (secondary N) is 2. The Kier molecular flexibility index (Phi) is 3.67. The fraction of sp³-hybridized carbons (Fsp3) is 0.417. The maximum Gasteiger partial charge on any atom is 0.296 e. The van der Waals surface area contributed by atoms with Crippen molar-refractivity contribution in [1.82, 2.24) is 5.32 Å². The molecule has 1 amide bonds. The van der Waals surface area contributed by atoms with Crippen LogP contribution in [0.3, 0.4) is 0 Å². The van der Waals surface area contributed by atoms with Crippen LogP contribution < -0.4 is 10.6 Å². The summed E-state index contributed by atoms with van der Waals surface area (Å²) in [6, 6.07) is 1.47. The van der Waals surface area contributed by atoms with Crippen LogP contribution in [0.5, 0.6) is 0 Å². The first kappa shape index (κ1) is 14.3. The molecular weight excluding hydrogens is 272 g/mol. The molecule has 1 aromatic rings. The van der Waals surface area contributed by atoms with Crippen LogP contribution in [-0.2, 0) is 4.79 Å². The maximum absolute atomic E-state index is 13.7. The van der Waals surface area contributed by atoms with E-state index in [4.69, 9.17) is 0 Å². The summed E-state index contributed by atoms with van der Waals surface area (Å²) in [5, 5.41) is 15.9. The number of nitro benzene ring substituents is 1. The van der Waals surface area contributed by atoms with Crippen molar-refractivity contribution in [2.24, 2.45) is 0 Å². The van der Waals surface area contributed by atoms with E-state index in [1.165, 1.54) is 0 Å². The van der Waals surface area contributed by atoms with Gasteiger partial charge in [-0.25, -0.2) is 8.78 Å². The molecule has 108 valence electrons. The summed E-state index contributed by atoms with van der Waals surface area (Å²) < 4.78 is 26.9. The van der Waals surface area contributed by atoms with Gasteiger partial charge < -0.3 is 10.6 Å². The fourth-order valence-corrected chi connectivity index (χ4v) is 2.15. The van der Waals surface area contributed by atoms with E-state index in [1.54, 1.807) is 6.92 Å². The third-order valence-electron chi connectivity index (χ3n) is 3.38. The van der Waals surface area contributed by atoms with E-state index in [-0.39, 0.29) is 0 Å². The zero-order valence-corrected chi connectivity index (χ0v) is 10.7. The molecule has 1 fully saturated rings. The SMILES string of the molecule is CC1(C(=O)Nc2c([N+](=O)[O-])ccc(F)c2F)CCCN1. The van der Waals surface area contributed by atoms with Crippen LogP contribution >= 0.6 is 0 Å². The summed E-state index contributed by atoms with van der Waals surface area (Å²) >= 11 is 0. The Balaban J connectivity index is 2.35. The van der Waals surface area contributed by atoms with Crippen LogP contribution in [0.4, 0.5) is 20.2 Å². The standard InChI is InChI=1S/C12H13F2N3O3/c1-12(5-2-6-15-12)11(18)16-10-8(17(19)20)4-3-7(13)9(10)14/h3-4,15H,2,5-6H2,1H3,(H,16,18). The first-order chi connectivity index (χ1) is 9.35.